The van der Waals surface area contributed by atoms with Gasteiger partial charge in [0, 0.05) is 13.1 Å². The van der Waals surface area contributed by atoms with Crippen LogP contribution in [0.5, 0.6) is 5.75 Å². The van der Waals surface area contributed by atoms with Gasteiger partial charge in [-0.25, -0.2) is 4.79 Å². The maximum Gasteiger partial charge on any atom is 0.425 e. The van der Waals surface area contributed by atoms with E-state index in [-0.39, 0.29) is 27.7 Å². The zero-order chi connectivity index (χ0) is 31.6. The molecule has 2 aliphatic heterocycles. The molecule has 1 aromatic heterocycles. The first-order chi connectivity index (χ1) is 21.8. The van der Waals surface area contributed by atoms with E-state index in [4.69, 9.17) is 9.47 Å². The number of nitrogens with zero attached hydrogens (tertiary/aromatic N) is 6. The maximum atomic E-state index is 15.3. The third kappa shape index (κ3) is 5.45. The number of hydrogen-bond acceptors (Lipinski definition) is 8. The molecule has 2 saturated heterocycles. The number of carbonyl (C=O) groups is 1. The van der Waals surface area contributed by atoms with Crippen LogP contribution in [0.3, 0.4) is 0 Å². The topological polar surface area (TPSA) is 109 Å². The van der Waals surface area contributed by atoms with E-state index < -0.39 is 17.1 Å². The first-order valence-electron chi connectivity index (χ1n) is 13.8. The predicted octanol–water partition coefficient (Wildman–Crippen LogP) is 5.68. The normalized spacial score (nSPS) is 19.9. The number of urea groups is 1. The number of benzene rings is 3. The molecule has 6 rings (SSSR count). The molecular formula is C31H26F3N7O3S. The standard InChI is InChI=1S/C31H26F3N7O3S/c1-43-24-14-12-21(13-15-24)30(31(32,33)34)36-29(42)41(23-10-6-3-7-11-23)27(45-30)25(20-35)26-37-38-28(39-16-18-44-19-17-39)40(26)22-8-4-2-5-9-22/h2-15H,16-19H2,1H3,(H,36,42)/b27-25+/t30-/m1/s1. The molecule has 45 heavy (non-hydrogen) atoms. The van der Waals surface area contributed by atoms with Crippen molar-refractivity contribution in [2.75, 3.05) is 43.2 Å². The second kappa shape index (κ2) is 12.2. The van der Waals surface area contributed by atoms with Gasteiger partial charge >= 0.3 is 12.2 Å². The highest BCUT2D eigenvalue weighted by Crippen LogP contribution is 2.55. The van der Waals surface area contributed by atoms with Gasteiger partial charge in [0.15, 0.2) is 5.82 Å². The minimum atomic E-state index is -5.00. The molecule has 0 bridgehead atoms. The summed E-state index contributed by atoms with van der Waals surface area (Å²) in [6.45, 7) is 1.87. The number of allylic oxidation sites excluding steroid dienone is 1. The van der Waals surface area contributed by atoms with E-state index in [9.17, 15) is 10.1 Å². The summed E-state index contributed by atoms with van der Waals surface area (Å²) in [5.74, 6) is 0.713. The third-order valence-corrected chi connectivity index (χ3v) is 8.81. The molecule has 2 aliphatic rings. The van der Waals surface area contributed by atoms with Crippen molar-refractivity contribution in [2.24, 2.45) is 0 Å². The van der Waals surface area contributed by atoms with E-state index in [1.807, 2.05) is 11.0 Å². The highest BCUT2D eigenvalue weighted by Gasteiger charge is 2.62. The zero-order valence-electron chi connectivity index (χ0n) is 23.9. The number of para-hydroxylation sites is 2. The number of morpholine rings is 1. The number of anilines is 2. The Morgan fingerprint density at radius 1 is 0.978 bits per heavy atom. The number of aromatic nitrogens is 3. The summed E-state index contributed by atoms with van der Waals surface area (Å²) < 4.78 is 58.0. The molecule has 0 spiro atoms. The number of rotatable bonds is 6. The number of hydrogen-bond donors (Lipinski definition) is 1. The van der Waals surface area contributed by atoms with Crippen LogP contribution in [-0.4, -0.2) is 60.4 Å². The van der Waals surface area contributed by atoms with Crippen LogP contribution in [-0.2, 0) is 9.61 Å². The first kappa shape index (κ1) is 30.0. The summed E-state index contributed by atoms with van der Waals surface area (Å²) in [5.41, 5.74) is 0.322. The van der Waals surface area contributed by atoms with Crippen LogP contribution >= 0.6 is 11.8 Å². The van der Waals surface area contributed by atoms with Crippen molar-refractivity contribution in [1.29, 1.82) is 5.26 Å². The molecule has 0 radical (unpaired) electrons. The van der Waals surface area contributed by atoms with Gasteiger partial charge in [0.2, 0.25) is 10.8 Å². The summed E-state index contributed by atoms with van der Waals surface area (Å²) in [5, 5.41) is 21.4. The Labute approximate surface area is 260 Å². The largest absolute Gasteiger partial charge is 0.497 e. The number of amides is 2. The molecule has 0 aliphatic carbocycles. The quantitative estimate of drug-likeness (QED) is 0.270. The molecule has 1 atom stereocenters. The van der Waals surface area contributed by atoms with Crippen molar-refractivity contribution >= 4 is 35.0 Å². The van der Waals surface area contributed by atoms with E-state index in [2.05, 4.69) is 21.6 Å². The van der Waals surface area contributed by atoms with E-state index in [0.717, 1.165) is 4.90 Å². The average molecular weight is 634 g/mol. The predicted molar refractivity (Wildman–Crippen MR) is 163 cm³/mol. The van der Waals surface area contributed by atoms with Crippen molar-refractivity contribution in [3.63, 3.8) is 0 Å². The monoisotopic (exact) mass is 633 g/mol. The molecule has 230 valence electrons. The van der Waals surface area contributed by atoms with Crippen molar-refractivity contribution in [2.45, 2.75) is 11.0 Å². The van der Waals surface area contributed by atoms with Crippen LogP contribution < -0.4 is 19.9 Å². The van der Waals surface area contributed by atoms with Gasteiger partial charge in [-0.1, -0.05) is 60.3 Å². The van der Waals surface area contributed by atoms with Gasteiger partial charge in [-0.05, 0) is 42.0 Å². The fourth-order valence-electron chi connectivity index (χ4n) is 5.15. The number of methoxy groups -OCH3 is 1. The van der Waals surface area contributed by atoms with Gasteiger partial charge < -0.3 is 19.7 Å². The molecule has 3 heterocycles. The second-order valence-electron chi connectivity index (χ2n) is 10.00. The van der Waals surface area contributed by atoms with E-state index >= 15 is 13.2 Å². The van der Waals surface area contributed by atoms with E-state index in [1.54, 1.807) is 59.2 Å². The number of nitrogens with one attached hydrogen (secondary N) is 1. The lowest BCUT2D eigenvalue weighted by atomic mass is 10.1. The van der Waals surface area contributed by atoms with Gasteiger partial charge in [0.25, 0.3) is 0 Å². The summed E-state index contributed by atoms with van der Waals surface area (Å²) in [4.78, 5) is 13.9. The van der Waals surface area contributed by atoms with E-state index in [0.29, 0.717) is 55.5 Å². The number of halogens is 3. The lowest BCUT2D eigenvalue weighted by molar-refractivity contribution is -0.167. The number of ether oxygens (including phenoxy) is 2. The molecule has 1 N–H and O–H groups in total. The van der Waals surface area contributed by atoms with Gasteiger partial charge in [-0.2, -0.15) is 18.4 Å². The van der Waals surface area contributed by atoms with Crippen LogP contribution in [0.15, 0.2) is 90.0 Å². The van der Waals surface area contributed by atoms with Crippen molar-refractivity contribution in [3.05, 3.63) is 101 Å². The van der Waals surface area contributed by atoms with Gasteiger partial charge in [0.05, 0.1) is 31.7 Å². The smallest absolute Gasteiger partial charge is 0.425 e. The Morgan fingerprint density at radius 3 is 2.18 bits per heavy atom. The summed E-state index contributed by atoms with van der Waals surface area (Å²) in [6, 6.07) is 23.4. The van der Waals surface area contributed by atoms with Crippen LogP contribution in [0.25, 0.3) is 11.3 Å². The van der Waals surface area contributed by atoms with E-state index in [1.165, 1.54) is 31.4 Å². The molecule has 0 unspecified atom stereocenters. The lowest BCUT2D eigenvalue weighted by Gasteiger charge is -2.44. The Kier molecular flexibility index (Phi) is 8.13. The fourth-order valence-corrected chi connectivity index (χ4v) is 6.47. The van der Waals surface area contributed by atoms with Crippen molar-refractivity contribution < 1.29 is 27.4 Å². The van der Waals surface area contributed by atoms with Gasteiger partial charge in [-0.15, -0.1) is 10.2 Å². The molecular weight excluding hydrogens is 607 g/mol. The summed E-state index contributed by atoms with van der Waals surface area (Å²) >= 11 is 0.306. The minimum absolute atomic E-state index is 0.0193. The average Bonchev–Trinajstić information content (AvgIpc) is 3.50. The summed E-state index contributed by atoms with van der Waals surface area (Å²) in [7, 11) is 1.40. The zero-order valence-corrected chi connectivity index (χ0v) is 24.7. The number of thioether (sulfide) groups is 1. The highest BCUT2D eigenvalue weighted by molar-refractivity contribution is 8.04. The number of alkyl halides is 3. The Balaban J connectivity index is 1.62. The third-order valence-electron chi connectivity index (χ3n) is 7.35. The highest BCUT2D eigenvalue weighted by atomic mass is 32.2. The second-order valence-corrected chi connectivity index (χ2v) is 11.2. The molecule has 10 nitrogen and oxygen atoms in total. The molecule has 2 fully saturated rings. The molecule has 3 aromatic carbocycles. The Bertz CT molecular complexity index is 1750. The summed E-state index contributed by atoms with van der Waals surface area (Å²) in [6.07, 6.45) is -5.00. The van der Waals surface area contributed by atoms with Crippen LogP contribution in [0.2, 0.25) is 0 Å². The molecule has 0 saturated carbocycles. The van der Waals surface area contributed by atoms with Crippen LogP contribution in [0.1, 0.15) is 11.4 Å². The van der Waals surface area contributed by atoms with Crippen molar-refractivity contribution in [3.8, 4) is 17.5 Å². The Hall–Kier alpha value is -5.00. The maximum absolute atomic E-state index is 15.3. The molecule has 2 amide bonds. The van der Waals surface area contributed by atoms with Crippen molar-refractivity contribution in [1.82, 2.24) is 20.1 Å². The van der Waals surface area contributed by atoms with Crippen LogP contribution in [0.4, 0.5) is 29.6 Å². The first-order valence-corrected chi connectivity index (χ1v) is 14.6. The van der Waals surface area contributed by atoms with Gasteiger partial charge in [0.1, 0.15) is 22.4 Å². The Morgan fingerprint density at radius 2 is 1.60 bits per heavy atom. The van der Waals surface area contributed by atoms with Gasteiger partial charge in [-0.3, -0.25) is 9.47 Å². The van der Waals surface area contributed by atoms with Crippen LogP contribution in [0, 0.1) is 11.3 Å². The molecule has 4 aromatic rings. The lowest BCUT2D eigenvalue weighted by Crippen LogP contribution is -2.61. The SMILES string of the molecule is COc1ccc([C@@]2(C(F)(F)F)NC(=O)N(c3ccccc3)/C(=C(/C#N)c3nnc(N4CCOCC4)n3-c3ccccc3)S2)cc1. The molecule has 14 heteroatoms. The fraction of sp³-hybridized carbons (Fsp3) is 0.226. The minimum Gasteiger partial charge on any atom is -0.497 e. The number of carbonyl (C=O) groups excluding carboxylic acids is 1. The number of nitriles is 1.